The van der Waals surface area contributed by atoms with Gasteiger partial charge in [-0.05, 0) is 12.1 Å². The topological polar surface area (TPSA) is 33.1 Å². The van der Waals surface area contributed by atoms with Crippen molar-refractivity contribution in [3.05, 3.63) is 29.3 Å². The molecule has 2 aromatic rings. The van der Waals surface area contributed by atoms with E-state index in [0.29, 0.717) is 0 Å². The van der Waals surface area contributed by atoms with Crippen molar-refractivity contribution in [3.63, 3.8) is 0 Å². The zero-order valence-corrected chi connectivity index (χ0v) is 8.55. The minimum atomic E-state index is -0.155. The molecular weight excluding hydrogens is 202 g/mol. The Balaban J connectivity index is 2.49. The van der Waals surface area contributed by atoms with E-state index in [1.807, 2.05) is 24.3 Å². The number of rotatable bonds is 2. The van der Waals surface area contributed by atoms with E-state index in [-0.39, 0.29) is 11.9 Å². The van der Waals surface area contributed by atoms with Gasteiger partial charge in [0, 0.05) is 0 Å². The quantitative estimate of drug-likeness (QED) is 0.747. The first-order chi connectivity index (χ1) is 6.31. The monoisotopic (exact) mass is 211 g/mol. The fourth-order valence-electron chi connectivity index (χ4n) is 1.11. The van der Waals surface area contributed by atoms with Gasteiger partial charge in [-0.25, -0.2) is 4.98 Å². The standard InChI is InChI=1S/C9H9NOS2/c11-5-7(12)9-10-6-3-1-2-4-8(6)13-9/h1-4,7,11-12H,5H2. The molecule has 0 aliphatic rings. The van der Waals surface area contributed by atoms with Gasteiger partial charge in [-0.3, -0.25) is 0 Å². The van der Waals surface area contributed by atoms with Crippen molar-refractivity contribution in [1.29, 1.82) is 0 Å². The molecule has 0 amide bonds. The van der Waals surface area contributed by atoms with Gasteiger partial charge in [0.2, 0.25) is 0 Å². The first-order valence-electron chi connectivity index (χ1n) is 3.95. The number of aromatic nitrogens is 1. The minimum absolute atomic E-state index is 0.0307. The van der Waals surface area contributed by atoms with Crippen molar-refractivity contribution in [1.82, 2.24) is 4.98 Å². The van der Waals surface area contributed by atoms with Crippen LogP contribution >= 0.6 is 24.0 Å². The molecule has 13 heavy (non-hydrogen) atoms. The van der Waals surface area contributed by atoms with Gasteiger partial charge in [-0.2, -0.15) is 12.6 Å². The van der Waals surface area contributed by atoms with Crippen LogP contribution in [0.5, 0.6) is 0 Å². The molecule has 0 saturated carbocycles. The molecule has 0 aliphatic heterocycles. The summed E-state index contributed by atoms with van der Waals surface area (Å²) in [6.45, 7) is 0.0307. The Morgan fingerprint density at radius 3 is 2.92 bits per heavy atom. The Hall–Kier alpha value is -0.580. The Kier molecular flexibility index (Phi) is 2.53. The van der Waals surface area contributed by atoms with Crippen molar-refractivity contribution >= 4 is 34.2 Å². The zero-order chi connectivity index (χ0) is 9.26. The molecule has 1 heterocycles. The van der Waals surface area contributed by atoms with E-state index in [1.165, 1.54) is 0 Å². The minimum Gasteiger partial charge on any atom is -0.395 e. The highest BCUT2D eigenvalue weighted by molar-refractivity contribution is 7.80. The summed E-state index contributed by atoms with van der Waals surface area (Å²) >= 11 is 5.81. The van der Waals surface area contributed by atoms with Crippen LogP contribution < -0.4 is 0 Å². The molecule has 68 valence electrons. The largest absolute Gasteiger partial charge is 0.395 e. The molecule has 1 aromatic heterocycles. The zero-order valence-electron chi connectivity index (χ0n) is 6.84. The number of thiol groups is 1. The smallest absolute Gasteiger partial charge is 0.109 e. The van der Waals surface area contributed by atoms with E-state index < -0.39 is 0 Å². The van der Waals surface area contributed by atoms with Crippen LogP contribution in [0.1, 0.15) is 10.3 Å². The molecule has 0 radical (unpaired) electrons. The Bertz CT molecular complexity index is 380. The number of para-hydroxylation sites is 1. The Labute approximate surface area is 85.7 Å². The molecule has 2 nitrogen and oxygen atoms in total. The van der Waals surface area contributed by atoms with Crippen molar-refractivity contribution in [2.24, 2.45) is 0 Å². The van der Waals surface area contributed by atoms with Gasteiger partial charge in [0.15, 0.2) is 0 Å². The van der Waals surface area contributed by atoms with Crippen molar-refractivity contribution in [2.75, 3.05) is 6.61 Å². The molecule has 2 rings (SSSR count). The normalized spacial score (nSPS) is 13.4. The van der Waals surface area contributed by atoms with Crippen molar-refractivity contribution in [2.45, 2.75) is 5.25 Å². The Morgan fingerprint density at radius 1 is 1.46 bits per heavy atom. The molecular formula is C9H9NOS2. The molecule has 0 bridgehead atoms. The molecule has 4 heteroatoms. The number of hydrogen-bond acceptors (Lipinski definition) is 4. The molecule has 1 N–H and O–H groups in total. The van der Waals surface area contributed by atoms with Gasteiger partial charge in [-0.1, -0.05) is 12.1 Å². The summed E-state index contributed by atoms with van der Waals surface area (Å²) in [6.07, 6.45) is 0. The summed E-state index contributed by atoms with van der Waals surface area (Å²) in [6, 6.07) is 7.93. The van der Waals surface area contributed by atoms with Crippen LogP contribution in [0, 0.1) is 0 Å². The van der Waals surface area contributed by atoms with E-state index in [1.54, 1.807) is 11.3 Å². The maximum absolute atomic E-state index is 8.90. The molecule has 1 aromatic carbocycles. The van der Waals surface area contributed by atoms with Gasteiger partial charge in [0.1, 0.15) is 5.01 Å². The van der Waals surface area contributed by atoms with Crippen LogP contribution in [0.4, 0.5) is 0 Å². The summed E-state index contributed by atoms with van der Waals surface area (Å²) in [7, 11) is 0. The summed E-state index contributed by atoms with van der Waals surface area (Å²) in [5, 5.41) is 9.63. The second-order valence-electron chi connectivity index (χ2n) is 2.72. The lowest BCUT2D eigenvalue weighted by Gasteiger charge is -1.99. The second-order valence-corrected chi connectivity index (χ2v) is 4.40. The third kappa shape index (κ3) is 1.70. The molecule has 0 saturated heterocycles. The number of benzene rings is 1. The predicted molar refractivity (Wildman–Crippen MR) is 58.4 cm³/mol. The van der Waals surface area contributed by atoms with Crippen molar-refractivity contribution < 1.29 is 5.11 Å². The van der Waals surface area contributed by atoms with E-state index >= 15 is 0 Å². The third-order valence-corrected chi connectivity index (χ3v) is 3.50. The fraction of sp³-hybridized carbons (Fsp3) is 0.222. The van der Waals surface area contributed by atoms with Gasteiger partial charge in [0.25, 0.3) is 0 Å². The third-order valence-electron chi connectivity index (χ3n) is 1.77. The van der Waals surface area contributed by atoms with Crippen LogP contribution in [0.15, 0.2) is 24.3 Å². The lowest BCUT2D eigenvalue weighted by atomic mass is 10.3. The Morgan fingerprint density at radius 2 is 2.23 bits per heavy atom. The van der Waals surface area contributed by atoms with Crippen LogP contribution in [-0.4, -0.2) is 16.7 Å². The summed E-state index contributed by atoms with van der Waals surface area (Å²) in [4.78, 5) is 4.37. The number of fused-ring (bicyclic) bond motifs is 1. The van der Waals surface area contributed by atoms with Crippen LogP contribution in [0.3, 0.4) is 0 Å². The van der Waals surface area contributed by atoms with Crippen LogP contribution in [-0.2, 0) is 0 Å². The maximum Gasteiger partial charge on any atom is 0.109 e. The number of hydrogen-bond donors (Lipinski definition) is 2. The fourth-order valence-corrected chi connectivity index (χ4v) is 2.27. The predicted octanol–water partition coefficient (Wildman–Crippen LogP) is 2.26. The van der Waals surface area contributed by atoms with Gasteiger partial charge < -0.3 is 5.11 Å². The lowest BCUT2D eigenvalue weighted by Crippen LogP contribution is -1.94. The highest BCUT2D eigenvalue weighted by atomic mass is 32.1. The second kappa shape index (κ2) is 3.65. The summed E-state index contributed by atoms with van der Waals surface area (Å²) in [5.41, 5.74) is 0.981. The maximum atomic E-state index is 8.90. The molecule has 0 spiro atoms. The lowest BCUT2D eigenvalue weighted by molar-refractivity contribution is 0.297. The van der Waals surface area contributed by atoms with Crippen LogP contribution in [0.25, 0.3) is 10.2 Å². The average molecular weight is 211 g/mol. The molecule has 0 aliphatic carbocycles. The first-order valence-corrected chi connectivity index (χ1v) is 5.29. The summed E-state index contributed by atoms with van der Waals surface area (Å²) < 4.78 is 1.14. The van der Waals surface area contributed by atoms with E-state index in [0.717, 1.165) is 15.2 Å². The number of aliphatic hydroxyl groups is 1. The SMILES string of the molecule is OCC(S)c1nc2ccccc2s1. The van der Waals surface area contributed by atoms with Crippen LogP contribution in [0.2, 0.25) is 0 Å². The van der Waals surface area contributed by atoms with E-state index in [4.69, 9.17) is 5.11 Å². The average Bonchev–Trinajstić information content (AvgIpc) is 2.59. The van der Waals surface area contributed by atoms with Gasteiger partial charge in [0.05, 0.1) is 22.1 Å². The summed E-state index contributed by atoms with van der Waals surface area (Å²) in [5.74, 6) is 0. The van der Waals surface area contributed by atoms with E-state index in [9.17, 15) is 0 Å². The highest BCUT2D eigenvalue weighted by Crippen LogP contribution is 2.28. The van der Waals surface area contributed by atoms with Crippen molar-refractivity contribution in [3.8, 4) is 0 Å². The van der Waals surface area contributed by atoms with Gasteiger partial charge in [-0.15, -0.1) is 11.3 Å². The molecule has 1 unspecified atom stereocenters. The number of thiazole rings is 1. The first kappa shape index (κ1) is 8.99. The molecule has 1 atom stereocenters. The number of nitrogens with zero attached hydrogens (tertiary/aromatic N) is 1. The van der Waals surface area contributed by atoms with E-state index in [2.05, 4.69) is 17.6 Å². The van der Waals surface area contributed by atoms with Gasteiger partial charge >= 0.3 is 0 Å². The number of aliphatic hydroxyl groups excluding tert-OH is 1. The molecule has 0 fully saturated rings. The highest BCUT2D eigenvalue weighted by Gasteiger charge is 2.10.